The fraction of sp³-hybridized carbons (Fsp3) is 0.435. The number of amides is 1. The van der Waals surface area contributed by atoms with Crippen LogP contribution < -0.4 is 4.74 Å². The Morgan fingerprint density at radius 2 is 1.86 bits per heavy atom. The monoisotopic (exact) mass is 400 g/mol. The summed E-state index contributed by atoms with van der Waals surface area (Å²) < 4.78 is 32.1. The molecule has 2 saturated heterocycles. The molecule has 4 rings (SSSR count). The predicted molar refractivity (Wildman–Crippen MR) is 107 cm³/mol. The van der Waals surface area contributed by atoms with E-state index < -0.39 is 11.6 Å². The molecule has 0 radical (unpaired) electrons. The largest absolute Gasteiger partial charge is 0.497 e. The Kier molecular flexibility index (Phi) is 5.54. The van der Waals surface area contributed by atoms with Gasteiger partial charge in [0.25, 0.3) is 0 Å². The summed E-state index contributed by atoms with van der Waals surface area (Å²) in [5.41, 5.74) is 1.98. The maximum absolute atomic E-state index is 13.6. The van der Waals surface area contributed by atoms with Gasteiger partial charge in [-0.3, -0.25) is 9.69 Å². The van der Waals surface area contributed by atoms with Gasteiger partial charge in [-0.1, -0.05) is 18.2 Å². The van der Waals surface area contributed by atoms with Crippen LogP contribution in [0.1, 0.15) is 30.4 Å². The number of likely N-dealkylation sites (tertiary alicyclic amines) is 2. The van der Waals surface area contributed by atoms with Crippen LogP contribution in [0.5, 0.6) is 5.75 Å². The molecule has 0 spiro atoms. The van der Waals surface area contributed by atoms with E-state index in [-0.39, 0.29) is 17.9 Å². The van der Waals surface area contributed by atoms with Crippen molar-refractivity contribution in [3.63, 3.8) is 0 Å². The van der Waals surface area contributed by atoms with E-state index in [9.17, 15) is 13.6 Å². The van der Waals surface area contributed by atoms with Crippen LogP contribution >= 0.6 is 0 Å². The summed E-state index contributed by atoms with van der Waals surface area (Å²) >= 11 is 0. The summed E-state index contributed by atoms with van der Waals surface area (Å²) in [6.45, 7) is 4.59. The van der Waals surface area contributed by atoms with E-state index in [0.29, 0.717) is 12.5 Å². The van der Waals surface area contributed by atoms with Crippen molar-refractivity contribution in [3.05, 3.63) is 65.2 Å². The van der Waals surface area contributed by atoms with Gasteiger partial charge in [-0.15, -0.1) is 0 Å². The van der Waals surface area contributed by atoms with Gasteiger partial charge in [0, 0.05) is 51.0 Å². The summed E-state index contributed by atoms with van der Waals surface area (Å²) in [5, 5.41) is 0. The van der Waals surface area contributed by atoms with Crippen molar-refractivity contribution >= 4 is 5.91 Å². The second kappa shape index (κ2) is 8.11. The number of rotatable bonds is 4. The standard InChI is InChI=1S/C23H26F2N2O2/c1-15(28)27-14-19(17-4-6-18(29-2)7-5-17)20-13-26(10-9-23(20)27)12-16-3-8-21(24)22(25)11-16/h3-8,11,19-20,23H,9-10,12-14H2,1-2H3/t19-,20-,23-/m1/s1. The number of carbonyl (C=O) groups excluding carboxylic acids is 1. The number of fused-ring (bicyclic) bond motifs is 1. The molecule has 2 aromatic carbocycles. The van der Waals surface area contributed by atoms with Gasteiger partial charge < -0.3 is 9.64 Å². The average molecular weight is 400 g/mol. The van der Waals surface area contributed by atoms with Gasteiger partial charge in [-0.25, -0.2) is 8.78 Å². The zero-order chi connectivity index (χ0) is 20.5. The number of halogens is 2. The minimum absolute atomic E-state index is 0.116. The Morgan fingerprint density at radius 1 is 1.10 bits per heavy atom. The van der Waals surface area contributed by atoms with Crippen molar-refractivity contribution < 1.29 is 18.3 Å². The van der Waals surface area contributed by atoms with E-state index in [0.717, 1.165) is 37.4 Å². The third-order valence-electron chi connectivity index (χ3n) is 6.35. The normalized spacial score (nSPS) is 24.4. The molecule has 2 heterocycles. The molecule has 2 fully saturated rings. The molecule has 2 aliphatic rings. The summed E-state index contributed by atoms with van der Waals surface area (Å²) in [6, 6.07) is 12.4. The number of hydrogen-bond acceptors (Lipinski definition) is 3. The van der Waals surface area contributed by atoms with Crippen LogP contribution in [0.4, 0.5) is 8.78 Å². The highest BCUT2D eigenvalue weighted by Gasteiger charge is 2.46. The minimum Gasteiger partial charge on any atom is -0.497 e. The molecule has 2 aliphatic heterocycles. The first-order chi connectivity index (χ1) is 14.0. The molecule has 29 heavy (non-hydrogen) atoms. The Labute approximate surface area is 170 Å². The number of ether oxygens (including phenoxy) is 1. The van der Waals surface area contributed by atoms with Crippen LogP contribution in [0, 0.1) is 17.6 Å². The Bertz CT molecular complexity index is 887. The van der Waals surface area contributed by atoms with Crippen molar-refractivity contribution in [1.82, 2.24) is 9.80 Å². The lowest BCUT2D eigenvalue weighted by molar-refractivity contribution is -0.130. The lowest BCUT2D eigenvalue weighted by atomic mass is 9.81. The summed E-state index contributed by atoms with van der Waals surface area (Å²) in [6.07, 6.45) is 0.889. The number of benzene rings is 2. The van der Waals surface area contributed by atoms with Gasteiger partial charge in [0.2, 0.25) is 5.91 Å². The van der Waals surface area contributed by atoms with Gasteiger partial charge in [-0.2, -0.15) is 0 Å². The molecule has 0 saturated carbocycles. The van der Waals surface area contributed by atoms with Crippen molar-refractivity contribution in [2.45, 2.75) is 31.8 Å². The minimum atomic E-state index is -0.820. The number of piperidine rings is 1. The highest BCUT2D eigenvalue weighted by molar-refractivity contribution is 5.74. The second-order valence-corrected chi connectivity index (χ2v) is 8.05. The fourth-order valence-electron chi connectivity index (χ4n) is 4.91. The Hall–Kier alpha value is -2.47. The molecule has 0 unspecified atom stereocenters. The zero-order valence-electron chi connectivity index (χ0n) is 16.8. The molecule has 0 bridgehead atoms. The number of hydrogen-bond donors (Lipinski definition) is 0. The van der Waals surface area contributed by atoms with E-state index in [1.807, 2.05) is 17.0 Å². The zero-order valence-corrected chi connectivity index (χ0v) is 16.8. The van der Waals surface area contributed by atoms with Crippen molar-refractivity contribution in [2.24, 2.45) is 5.92 Å². The van der Waals surface area contributed by atoms with Gasteiger partial charge in [0.05, 0.1) is 7.11 Å². The molecule has 0 N–H and O–H groups in total. The molecule has 4 nitrogen and oxygen atoms in total. The molecule has 0 aliphatic carbocycles. The van der Waals surface area contributed by atoms with Crippen molar-refractivity contribution in [3.8, 4) is 5.75 Å². The van der Waals surface area contributed by atoms with Crippen LogP contribution in [-0.2, 0) is 11.3 Å². The van der Waals surface area contributed by atoms with Gasteiger partial charge >= 0.3 is 0 Å². The molecule has 3 atom stereocenters. The molecule has 1 amide bonds. The summed E-state index contributed by atoms with van der Waals surface area (Å²) in [4.78, 5) is 16.5. The number of methoxy groups -OCH3 is 1. The first kappa shape index (κ1) is 19.8. The van der Waals surface area contributed by atoms with E-state index in [2.05, 4.69) is 17.0 Å². The molecule has 154 valence electrons. The smallest absolute Gasteiger partial charge is 0.219 e. The summed E-state index contributed by atoms with van der Waals surface area (Å²) in [5.74, 6) is -0.133. The van der Waals surface area contributed by atoms with Crippen LogP contribution in [0.3, 0.4) is 0 Å². The predicted octanol–water partition coefficient (Wildman–Crippen LogP) is 3.81. The average Bonchev–Trinajstić information content (AvgIpc) is 3.10. The first-order valence-corrected chi connectivity index (χ1v) is 10.0. The van der Waals surface area contributed by atoms with Gasteiger partial charge in [-0.05, 0) is 41.8 Å². The molecule has 6 heteroatoms. The number of nitrogens with zero attached hydrogens (tertiary/aromatic N) is 2. The molecular formula is C23H26F2N2O2. The Balaban J connectivity index is 1.54. The van der Waals surface area contributed by atoms with E-state index in [1.54, 1.807) is 20.1 Å². The van der Waals surface area contributed by atoms with Crippen LogP contribution in [0.2, 0.25) is 0 Å². The van der Waals surface area contributed by atoms with Crippen molar-refractivity contribution in [2.75, 3.05) is 26.7 Å². The van der Waals surface area contributed by atoms with Crippen LogP contribution in [-0.4, -0.2) is 48.5 Å². The second-order valence-electron chi connectivity index (χ2n) is 8.05. The van der Waals surface area contributed by atoms with Gasteiger partial charge in [0.1, 0.15) is 5.75 Å². The van der Waals surface area contributed by atoms with Crippen molar-refractivity contribution in [1.29, 1.82) is 0 Å². The summed E-state index contributed by atoms with van der Waals surface area (Å²) in [7, 11) is 1.65. The first-order valence-electron chi connectivity index (χ1n) is 10.0. The lowest BCUT2D eigenvalue weighted by Crippen LogP contribution is -2.47. The van der Waals surface area contributed by atoms with Crippen LogP contribution in [0.15, 0.2) is 42.5 Å². The Morgan fingerprint density at radius 3 is 2.52 bits per heavy atom. The van der Waals surface area contributed by atoms with Crippen LogP contribution in [0.25, 0.3) is 0 Å². The lowest BCUT2D eigenvalue weighted by Gasteiger charge is -2.38. The third kappa shape index (κ3) is 3.99. The fourth-order valence-corrected chi connectivity index (χ4v) is 4.91. The quantitative estimate of drug-likeness (QED) is 0.783. The maximum Gasteiger partial charge on any atom is 0.219 e. The SMILES string of the molecule is COc1ccc([C@H]2CN(C(C)=O)[C@@H]3CCN(Cc4ccc(F)c(F)c4)C[C@H]23)cc1. The van der Waals surface area contributed by atoms with E-state index >= 15 is 0 Å². The highest BCUT2D eigenvalue weighted by atomic mass is 19.2. The molecule has 0 aromatic heterocycles. The van der Waals surface area contributed by atoms with Gasteiger partial charge in [0.15, 0.2) is 11.6 Å². The molecule has 2 aromatic rings. The topological polar surface area (TPSA) is 32.8 Å². The third-order valence-corrected chi connectivity index (χ3v) is 6.35. The molecular weight excluding hydrogens is 374 g/mol. The maximum atomic E-state index is 13.6. The van der Waals surface area contributed by atoms with E-state index in [1.165, 1.54) is 17.7 Å². The van der Waals surface area contributed by atoms with E-state index in [4.69, 9.17) is 4.74 Å². The number of carbonyl (C=O) groups is 1. The highest BCUT2D eigenvalue weighted by Crippen LogP contribution is 2.42.